The summed E-state index contributed by atoms with van der Waals surface area (Å²) in [5.74, 6) is 0. The third-order valence-corrected chi connectivity index (χ3v) is 3.92. The summed E-state index contributed by atoms with van der Waals surface area (Å²) in [5, 5.41) is 19.6. The minimum absolute atomic E-state index is 0.171. The molecule has 1 aliphatic heterocycles. The summed E-state index contributed by atoms with van der Waals surface area (Å²) in [5.41, 5.74) is -0.495. The average molecular weight is 303 g/mol. The molecular formula is C15H20F3NO2. The summed E-state index contributed by atoms with van der Waals surface area (Å²) in [7, 11) is 0. The van der Waals surface area contributed by atoms with Crippen LogP contribution in [0.5, 0.6) is 0 Å². The van der Waals surface area contributed by atoms with Gasteiger partial charge in [0.2, 0.25) is 0 Å². The summed E-state index contributed by atoms with van der Waals surface area (Å²) < 4.78 is 39.4. The van der Waals surface area contributed by atoms with Gasteiger partial charge >= 0.3 is 6.18 Å². The van der Waals surface area contributed by atoms with Gasteiger partial charge in [0.25, 0.3) is 0 Å². The van der Waals surface area contributed by atoms with E-state index in [9.17, 15) is 23.4 Å². The fourth-order valence-electron chi connectivity index (χ4n) is 2.85. The average Bonchev–Trinajstić information content (AvgIpc) is 2.78. The van der Waals surface area contributed by atoms with Crippen molar-refractivity contribution < 1.29 is 23.4 Å². The van der Waals surface area contributed by atoms with E-state index in [-0.39, 0.29) is 25.1 Å². The quantitative estimate of drug-likeness (QED) is 0.898. The van der Waals surface area contributed by atoms with E-state index in [1.54, 1.807) is 11.0 Å². The summed E-state index contributed by atoms with van der Waals surface area (Å²) in [6.07, 6.45) is -4.90. The molecule has 0 bridgehead atoms. The number of aliphatic hydroxyl groups is 2. The highest BCUT2D eigenvalue weighted by Gasteiger charge is 2.39. The van der Waals surface area contributed by atoms with Crippen molar-refractivity contribution in [2.24, 2.45) is 0 Å². The summed E-state index contributed by atoms with van der Waals surface area (Å²) in [6.45, 7) is 2.37. The molecule has 6 heteroatoms. The van der Waals surface area contributed by atoms with Crippen LogP contribution in [0.4, 0.5) is 13.2 Å². The minimum Gasteiger partial charge on any atom is -0.392 e. The number of likely N-dealkylation sites (tertiary alicyclic amines) is 1. The molecule has 3 atom stereocenters. The second kappa shape index (κ2) is 6.34. The van der Waals surface area contributed by atoms with Gasteiger partial charge in [0.15, 0.2) is 0 Å². The SMILES string of the molecule is CC[C@H](O)CN1C[C@@H](O)C[C@H]1c1ccccc1C(F)(F)F. The van der Waals surface area contributed by atoms with Gasteiger partial charge in [-0.25, -0.2) is 0 Å². The van der Waals surface area contributed by atoms with Crippen molar-refractivity contribution in [2.75, 3.05) is 13.1 Å². The monoisotopic (exact) mass is 303 g/mol. The second-order valence-electron chi connectivity index (χ2n) is 5.51. The standard InChI is InChI=1S/C15H20F3NO2/c1-2-10(20)8-19-9-11(21)7-14(19)12-5-3-4-6-13(12)15(16,17)18/h3-6,10-11,14,20-21H,2,7-9H2,1H3/t10-,11-,14-/m0/s1. The highest BCUT2D eigenvalue weighted by atomic mass is 19.4. The van der Waals surface area contributed by atoms with Gasteiger partial charge in [-0.1, -0.05) is 25.1 Å². The van der Waals surface area contributed by atoms with Gasteiger partial charge in [0.1, 0.15) is 0 Å². The zero-order valence-electron chi connectivity index (χ0n) is 11.8. The molecule has 21 heavy (non-hydrogen) atoms. The lowest BCUT2D eigenvalue weighted by molar-refractivity contribution is -0.138. The first-order valence-corrected chi connectivity index (χ1v) is 7.09. The zero-order valence-corrected chi connectivity index (χ0v) is 11.8. The molecule has 118 valence electrons. The molecule has 0 amide bonds. The Bertz CT molecular complexity index is 478. The number of halogens is 3. The largest absolute Gasteiger partial charge is 0.416 e. The minimum atomic E-state index is -4.42. The fourth-order valence-corrected chi connectivity index (χ4v) is 2.85. The second-order valence-corrected chi connectivity index (χ2v) is 5.51. The number of rotatable bonds is 4. The van der Waals surface area contributed by atoms with E-state index < -0.39 is 30.0 Å². The van der Waals surface area contributed by atoms with Gasteiger partial charge in [-0.3, -0.25) is 4.90 Å². The van der Waals surface area contributed by atoms with Crippen LogP contribution in [0.25, 0.3) is 0 Å². The van der Waals surface area contributed by atoms with E-state index in [0.29, 0.717) is 6.42 Å². The summed E-state index contributed by atoms with van der Waals surface area (Å²) in [4.78, 5) is 1.74. The lowest BCUT2D eigenvalue weighted by atomic mass is 9.97. The lowest BCUT2D eigenvalue weighted by Crippen LogP contribution is -2.33. The molecule has 0 spiro atoms. The first-order chi connectivity index (χ1) is 9.82. The molecule has 0 saturated carbocycles. The Morgan fingerprint density at radius 2 is 2.00 bits per heavy atom. The molecular weight excluding hydrogens is 283 g/mol. The zero-order chi connectivity index (χ0) is 15.6. The van der Waals surface area contributed by atoms with E-state index in [4.69, 9.17) is 0 Å². The molecule has 0 unspecified atom stereocenters. The van der Waals surface area contributed by atoms with Crippen molar-refractivity contribution in [3.05, 3.63) is 35.4 Å². The van der Waals surface area contributed by atoms with Gasteiger partial charge < -0.3 is 10.2 Å². The number of aliphatic hydroxyl groups excluding tert-OH is 2. The molecule has 3 nitrogen and oxygen atoms in total. The van der Waals surface area contributed by atoms with Gasteiger partial charge in [-0.05, 0) is 24.5 Å². The van der Waals surface area contributed by atoms with Crippen LogP contribution in [-0.4, -0.2) is 40.4 Å². The molecule has 1 aliphatic rings. The van der Waals surface area contributed by atoms with Gasteiger partial charge in [0, 0.05) is 19.1 Å². The van der Waals surface area contributed by atoms with Crippen molar-refractivity contribution in [3.8, 4) is 0 Å². The summed E-state index contributed by atoms with van der Waals surface area (Å²) >= 11 is 0. The Kier molecular flexibility index (Phi) is 4.91. The fraction of sp³-hybridized carbons (Fsp3) is 0.600. The number of hydrogen-bond donors (Lipinski definition) is 2. The molecule has 2 N–H and O–H groups in total. The van der Waals surface area contributed by atoms with E-state index in [0.717, 1.165) is 6.07 Å². The maximum absolute atomic E-state index is 13.1. The number of β-amino-alcohol motifs (C(OH)–C–C–N with tert-alkyl or cyclic N) is 2. The van der Waals surface area contributed by atoms with Crippen molar-refractivity contribution in [2.45, 2.75) is 44.2 Å². The molecule has 0 aliphatic carbocycles. The Morgan fingerprint density at radius 3 is 2.62 bits per heavy atom. The van der Waals surface area contributed by atoms with Crippen LogP contribution in [0.2, 0.25) is 0 Å². The molecule has 1 saturated heterocycles. The van der Waals surface area contributed by atoms with E-state index in [1.165, 1.54) is 12.1 Å². The van der Waals surface area contributed by atoms with Gasteiger partial charge in [0.05, 0.1) is 17.8 Å². The molecule has 1 heterocycles. The van der Waals surface area contributed by atoms with Crippen LogP contribution < -0.4 is 0 Å². The topological polar surface area (TPSA) is 43.7 Å². The van der Waals surface area contributed by atoms with Crippen molar-refractivity contribution in [3.63, 3.8) is 0 Å². The van der Waals surface area contributed by atoms with Crippen molar-refractivity contribution >= 4 is 0 Å². The number of hydrogen-bond acceptors (Lipinski definition) is 3. The van der Waals surface area contributed by atoms with Gasteiger partial charge in [-0.15, -0.1) is 0 Å². The Morgan fingerprint density at radius 1 is 1.33 bits per heavy atom. The third kappa shape index (κ3) is 3.75. The Balaban J connectivity index is 2.31. The van der Waals surface area contributed by atoms with Crippen molar-refractivity contribution in [1.29, 1.82) is 0 Å². The van der Waals surface area contributed by atoms with E-state index in [2.05, 4.69) is 0 Å². The predicted molar refractivity (Wildman–Crippen MR) is 72.7 cm³/mol. The molecule has 1 aromatic rings. The van der Waals surface area contributed by atoms with Crippen molar-refractivity contribution in [1.82, 2.24) is 4.90 Å². The number of alkyl halides is 3. The maximum Gasteiger partial charge on any atom is 0.416 e. The van der Waals surface area contributed by atoms with E-state index >= 15 is 0 Å². The number of benzene rings is 1. The van der Waals surface area contributed by atoms with Gasteiger partial charge in [-0.2, -0.15) is 13.2 Å². The first kappa shape index (κ1) is 16.3. The van der Waals surface area contributed by atoms with Crippen LogP contribution in [0.3, 0.4) is 0 Å². The Hall–Kier alpha value is -1.11. The molecule has 0 aromatic heterocycles. The highest BCUT2D eigenvalue weighted by Crippen LogP contribution is 2.40. The van der Waals surface area contributed by atoms with Crippen LogP contribution in [-0.2, 0) is 6.18 Å². The molecule has 2 rings (SSSR count). The number of nitrogens with zero attached hydrogens (tertiary/aromatic N) is 1. The normalized spacial score (nSPS) is 25.2. The lowest BCUT2D eigenvalue weighted by Gasteiger charge is -2.28. The summed E-state index contributed by atoms with van der Waals surface area (Å²) in [6, 6.07) is 4.94. The molecule has 1 aromatic carbocycles. The highest BCUT2D eigenvalue weighted by molar-refractivity contribution is 5.33. The van der Waals surface area contributed by atoms with Crippen LogP contribution in [0, 0.1) is 0 Å². The van der Waals surface area contributed by atoms with Crippen LogP contribution >= 0.6 is 0 Å². The van der Waals surface area contributed by atoms with E-state index in [1.807, 2.05) is 6.92 Å². The maximum atomic E-state index is 13.1. The molecule has 0 radical (unpaired) electrons. The Labute approximate surface area is 122 Å². The first-order valence-electron chi connectivity index (χ1n) is 7.09. The van der Waals surface area contributed by atoms with Crippen LogP contribution in [0.15, 0.2) is 24.3 Å². The smallest absolute Gasteiger partial charge is 0.392 e. The molecule has 1 fully saturated rings. The predicted octanol–water partition coefficient (Wildman–Crippen LogP) is 2.58. The van der Waals surface area contributed by atoms with Crippen LogP contribution in [0.1, 0.15) is 36.9 Å². The third-order valence-electron chi connectivity index (χ3n) is 3.92.